The Morgan fingerprint density at radius 3 is 2.70 bits per heavy atom. The van der Waals surface area contributed by atoms with E-state index in [1.807, 2.05) is 0 Å². The number of methoxy groups -OCH3 is 1. The number of hydrogen-bond acceptors (Lipinski definition) is 3. The van der Waals surface area contributed by atoms with Crippen LogP contribution in [0.15, 0.2) is 12.1 Å². The van der Waals surface area contributed by atoms with Crippen LogP contribution in [-0.2, 0) is 0 Å². The standard InChI is InChI=1S/C15H19ClFNO2/c1-19-12-5-4-11(17)15(13(12)16)20-14(9-2-3-9)10-6-7-18-8-10/h4-5,9-10,14,18H,2-3,6-8H2,1H3/t10-,14-/m0/s1. The predicted octanol–water partition coefficient (Wildman–Crippen LogP) is 3.25. The first kappa shape index (κ1) is 14.0. The maximum atomic E-state index is 14.0. The zero-order valence-electron chi connectivity index (χ0n) is 11.5. The molecule has 0 spiro atoms. The van der Waals surface area contributed by atoms with Crippen LogP contribution in [-0.4, -0.2) is 26.3 Å². The monoisotopic (exact) mass is 299 g/mol. The third-order valence-corrected chi connectivity index (χ3v) is 4.50. The number of benzene rings is 1. The summed E-state index contributed by atoms with van der Waals surface area (Å²) in [5, 5.41) is 3.57. The second-order valence-corrected chi connectivity index (χ2v) is 5.94. The highest BCUT2D eigenvalue weighted by Crippen LogP contribution is 2.43. The predicted molar refractivity (Wildman–Crippen MR) is 76.1 cm³/mol. The smallest absolute Gasteiger partial charge is 0.177 e. The summed E-state index contributed by atoms with van der Waals surface area (Å²) in [5.41, 5.74) is 0. The average molecular weight is 300 g/mol. The van der Waals surface area contributed by atoms with Crippen molar-refractivity contribution in [2.45, 2.75) is 25.4 Å². The number of halogens is 2. The first-order valence-corrected chi connectivity index (χ1v) is 7.48. The van der Waals surface area contributed by atoms with Gasteiger partial charge in [-0.25, -0.2) is 4.39 Å². The first-order chi connectivity index (χ1) is 9.70. The minimum atomic E-state index is -0.424. The van der Waals surface area contributed by atoms with E-state index in [2.05, 4.69) is 5.32 Å². The lowest BCUT2D eigenvalue weighted by Gasteiger charge is -2.25. The van der Waals surface area contributed by atoms with Crippen LogP contribution in [0.2, 0.25) is 5.02 Å². The van der Waals surface area contributed by atoms with Crippen molar-refractivity contribution >= 4 is 11.6 Å². The fourth-order valence-electron chi connectivity index (χ4n) is 2.88. The molecule has 20 heavy (non-hydrogen) atoms. The van der Waals surface area contributed by atoms with Gasteiger partial charge in [0.2, 0.25) is 0 Å². The van der Waals surface area contributed by atoms with Crippen molar-refractivity contribution in [2.24, 2.45) is 11.8 Å². The molecule has 2 atom stereocenters. The number of hydrogen-bond donors (Lipinski definition) is 1. The minimum absolute atomic E-state index is 0.0455. The third kappa shape index (κ3) is 2.72. The van der Waals surface area contributed by atoms with Crippen LogP contribution in [0.5, 0.6) is 11.5 Å². The van der Waals surface area contributed by atoms with Crippen molar-refractivity contribution in [1.82, 2.24) is 5.32 Å². The number of nitrogens with one attached hydrogen (secondary N) is 1. The topological polar surface area (TPSA) is 30.5 Å². The summed E-state index contributed by atoms with van der Waals surface area (Å²) < 4.78 is 25.1. The number of rotatable bonds is 5. The van der Waals surface area contributed by atoms with Crippen molar-refractivity contribution in [3.05, 3.63) is 23.0 Å². The lowest BCUT2D eigenvalue weighted by molar-refractivity contribution is 0.115. The quantitative estimate of drug-likeness (QED) is 0.905. The molecule has 3 rings (SSSR count). The third-order valence-electron chi connectivity index (χ3n) is 4.14. The van der Waals surface area contributed by atoms with Crippen LogP contribution < -0.4 is 14.8 Å². The van der Waals surface area contributed by atoms with Gasteiger partial charge >= 0.3 is 0 Å². The molecule has 3 nitrogen and oxygen atoms in total. The molecule has 0 aromatic heterocycles. The highest BCUT2D eigenvalue weighted by Gasteiger charge is 2.40. The van der Waals surface area contributed by atoms with Gasteiger partial charge in [0.05, 0.1) is 7.11 Å². The summed E-state index contributed by atoms with van der Waals surface area (Å²) in [5.74, 6) is 1.12. The van der Waals surface area contributed by atoms with Gasteiger partial charge in [-0.2, -0.15) is 0 Å². The Labute approximate surface area is 123 Å². The van der Waals surface area contributed by atoms with Crippen LogP contribution >= 0.6 is 11.6 Å². The summed E-state index contributed by atoms with van der Waals surface area (Å²) in [4.78, 5) is 0. The van der Waals surface area contributed by atoms with Crippen LogP contribution in [0.1, 0.15) is 19.3 Å². The number of ether oxygens (including phenoxy) is 2. The summed E-state index contributed by atoms with van der Waals surface area (Å²) in [6.45, 7) is 1.94. The molecule has 2 aliphatic rings. The van der Waals surface area contributed by atoms with Crippen LogP contribution in [0, 0.1) is 17.7 Å². The summed E-state index contributed by atoms with van der Waals surface area (Å²) in [6, 6.07) is 2.87. The molecule has 1 aromatic rings. The fourth-order valence-corrected chi connectivity index (χ4v) is 3.15. The van der Waals surface area contributed by atoms with Gasteiger partial charge in [0.25, 0.3) is 0 Å². The molecule has 1 aliphatic carbocycles. The molecule has 1 saturated carbocycles. The van der Waals surface area contributed by atoms with E-state index in [1.54, 1.807) is 0 Å². The van der Waals surface area contributed by atoms with Crippen molar-refractivity contribution < 1.29 is 13.9 Å². The normalized spacial score (nSPS) is 23.6. The van der Waals surface area contributed by atoms with E-state index in [0.29, 0.717) is 17.6 Å². The summed E-state index contributed by atoms with van der Waals surface area (Å²) in [6.07, 6.45) is 3.43. The minimum Gasteiger partial charge on any atom is -0.495 e. The molecular weight excluding hydrogens is 281 g/mol. The lowest BCUT2D eigenvalue weighted by Crippen LogP contribution is -2.31. The van der Waals surface area contributed by atoms with Crippen molar-refractivity contribution in [2.75, 3.05) is 20.2 Å². The second-order valence-electron chi connectivity index (χ2n) is 5.57. The van der Waals surface area contributed by atoms with E-state index in [1.165, 1.54) is 19.2 Å². The maximum absolute atomic E-state index is 14.0. The van der Waals surface area contributed by atoms with E-state index < -0.39 is 5.82 Å². The molecule has 1 aliphatic heterocycles. The summed E-state index contributed by atoms with van der Waals surface area (Å²) >= 11 is 6.18. The molecule has 0 bridgehead atoms. The maximum Gasteiger partial charge on any atom is 0.177 e. The van der Waals surface area contributed by atoms with E-state index >= 15 is 0 Å². The van der Waals surface area contributed by atoms with Crippen LogP contribution in [0.3, 0.4) is 0 Å². The lowest BCUT2D eigenvalue weighted by atomic mass is 9.97. The molecule has 0 amide bonds. The van der Waals surface area contributed by atoms with Crippen molar-refractivity contribution in [3.63, 3.8) is 0 Å². The molecule has 1 aromatic carbocycles. The van der Waals surface area contributed by atoms with Gasteiger partial charge in [0, 0.05) is 12.5 Å². The Kier molecular flexibility index (Phi) is 4.03. The largest absolute Gasteiger partial charge is 0.495 e. The molecule has 1 N–H and O–H groups in total. The molecule has 0 unspecified atom stereocenters. The molecular formula is C15H19ClFNO2. The second kappa shape index (κ2) is 5.78. The molecule has 110 valence electrons. The van der Waals surface area contributed by atoms with Crippen LogP contribution in [0.25, 0.3) is 0 Å². The summed E-state index contributed by atoms with van der Waals surface area (Å²) in [7, 11) is 1.52. The van der Waals surface area contributed by atoms with E-state index in [0.717, 1.165) is 32.4 Å². The Morgan fingerprint density at radius 1 is 1.30 bits per heavy atom. The van der Waals surface area contributed by atoms with Gasteiger partial charge in [-0.15, -0.1) is 0 Å². The molecule has 1 saturated heterocycles. The molecule has 2 fully saturated rings. The zero-order chi connectivity index (χ0) is 14.1. The Balaban J connectivity index is 1.84. The van der Waals surface area contributed by atoms with Crippen molar-refractivity contribution in [1.29, 1.82) is 0 Å². The molecule has 0 radical (unpaired) electrons. The van der Waals surface area contributed by atoms with Crippen molar-refractivity contribution in [3.8, 4) is 11.5 Å². The Morgan fingerprint density at radius 2 is 2.10 bits per heavy atom. The van der Waals surface area contributed by atoms with Gasteiger partial charge in [-0.3, -0.25) is 0 Å². The highest BCUT2D eigenvalue weighted by molar-refractivity contribution is 6.33. The van der Waals surface area contributed by atoms with E-state index in [-0.39, 0.29) is 16.9 Å². The van der Waals surface area contributed by atoms with Crippen LogP contribution in [0.4, 0.5) is 4.39 Å². The average Bonchev–Trinajstić information content (AvgIpc) is 3.13. The zero-order valence-corrected chi connectivity index (χ0v) is 12.3. The van der Waals surface area contributed by atoms with Gasteiger partial charge in [-0.1, -0.05) is 11.6 Å². The fraction of sp³-hybridized carbons (Fsp3) is 0.600. The van der Waals surface area contributed by atoms with Gasteiger partial charge in [-0.05, 0) is 43.9 Å². The Hall–Kier alpha value is -1.00. The molecule has 1 heterocycles. The van der Waals surface area contributed by atoms with Gasteiger partial charge in [0.15, 0.2) is 11.6 Å². The highest BCUT2D eigenvalue weighted by atomic mass is 35.5. The van der Waals surface area contributed by atoms with Gasteiger partial charge < -0.3 is 14.8 Å². The molecule has 5 heteroatoms. The van der Waals surface area contributed by atoms with E-state index in [9.17, 15) is 4.39 Å². The van der Waals surface area contributed by atoms with Gasteiger partial charge in [0.1, 0.15) is 16.9 Å². The Bertz CT molecular complexity index is 487. The van der Waals surface area contributed by atoms with E-state index in [4.69, 9.17) is 21.1 Å². The SMILES string of the molecule is COc1ccc(F)c(O[C@@H](C2CC2)[C@H]2CCNC2)c1Cl. The first-order valence-electron chi connectivity index (χ1n) is 7.10.